The molecule has 22 heavy (non-hydrogen) atoms. The van der Waals surface area contributed by atoms with Crippen LogP contribution in [-0.4, -0.2) is 22.3 Å². The van der Waals surface area contributed by atoms with Gasteiger partial charge in [-0.1, -0.05) is 26.2 Å². The molecule has 0 radical (unpaired) electrons. The van der Waals surface area contributed by atoms with E-state index in [1.165, 1.54) is 23.9 Å². The van der Waals surface area contributed by atoms with Gasteiger partial charge in [0.2, 0.25) is 0 Å². The van der Waals surface area contributed by atoms with Crippen molar-refractivity contribution in [2.75, 3.05) is 6.61 Å². The lowest BCUT2D eigenvalue weighted by molar-refractivity contribution is 0.0942. The molecular formula is C18H24N2O2. The highest BCUT2D eigenvalue weighted by atomic mass is 16.5. The summed E-state index contributed by atoms with van der Waals surface area (Å²) in [4.78, 5) is 12.4. The summed E-state index contributed by atoms with van der Waals surface area (Å²) in [6.07, 6.45) is 4.74. The summed E-state index contributed by atoms with van der Waals surface area (Å²) in [5.74, 6) is 0.696. The number of aryl methyl sites for hydroxylation is 2. The van der Waals surface area contributed by atoms with Gasteiger partial charge in [0.05, 0.1) is 12.3 Å². The molecule has 0 amide bonds. The second-order valence-corrected chi connectivity index (χ2v) is 5.58. The number of ether oxygens (including phenoxy) is 1. The molecule has 0 unspecified atom stereocenters. The fourth-order valence-corrected chi connectivity index (χ4v) is 2.37. The second-order valence-electron chi connectivity index (χ2n) is 5.58. The van der Waals surface area contributed by atoms with Crippen molar-refractivity contribution in [3.05, 3.63) is 47.3 Å². The zero-order valence-corrected chi connectivity index (χ0v) is 13.6. The number of hydrogen-bond donors (Lipinski definition) is 0. The lowest BCUT2D eigenvalue weighted by Crippen LogP contribution is -2.15. The van der Waals surface area contributed by atoms with E-state index in [1.54, 1.807) is 12.1 Å². The van der Waals surface area contributed by atoms with Gasteiger partial charge in [-0.25, -0.2) is 4.68 Å². The molecule has 4 nitrogen and oxygen atoms in total. The quantitative estimate of drug-likeness (QED) is 0.722. The minimum Gasteiger partial charge on any atom is -0.494 e. The first-order valence-electron chi connectivity index (χ1n) is 7.92. The number of benzene rings is 1. The van der Waals surface area contributed by atoms with Gasteiger partial charge >= 0.3 is 0 Å². The largest absolute Gasteiger partial charge is 0.494 e. The van der Waals surface area contributed by atoms with Crippen LogP contribution in [0.5, 0.6) is 5.75 Å². The third-order valence-electron chi connectivity index (χ3n) is 3.57. The average Bonchev–Trinajstić information content (AvgIpc) is 2.85. The van der Waals surface area contributed by atoms with Crippen molar-refractivity contribution in [2.45, 2.75) is 46.5 Å². The molecule has 1 heterocycles. The highest BCUT2D eigenvalue weighted by molar-refractivity contribution is 5.95. The van der Waals surface area contributed by atoms with Gasteiger partial charge in [0.1, 0.15) is 5.75 Å². The van der Waals surface area contributed by atoms with Crippen LogP contribution in [-0.2, 0) is 0 Å². The summed E-state index contributed by atoms with van der Waals surface area (Å²) in [5, 5.41) is 4.22. The Morgan fingerprint density at radius 1 is 1.14 bits per heavy atom. The van der Waals surface area contributed by atoms with Gasteiger partial charge in [0, 0.05) is 11.3 Å². The fourth-order valence-electron chi connectivity index (χ4n) is 2.37. The zero-order chi connectivity index (χ0) is 15.9. The van der Waals surface area contributed by atoms with Crippen molar-refractivity contribution < 1.29 is 9.53 Å². The van der Waals surface area contributed by atoms with Crippen molar-refractivity contribution in [3.8, 4) is 5.75 Å². The predicted octanol–water partition coefficient (Wildman–Crippen LogP) is 4.15. The number of rotatable bonds is 7. The Balaban J connectivity index is 1.94. The summed E-state index contributed by atoms with van der Waals surface area (Å²) in [7, 11) is 0. The van der Waals surface area contributed by atoms with Gasteiger partial charge in [0.25, 0.3) is 5.91 Å². The summed E-state index contributed by atoms with van der Waals surface area (Å²) >= 11 is 0. The molecule has 2 aromatic rings. The van der Waals surface area contributed by atoms with Crippen LogP contribution in [0.2, 0.25) is 0 Å². The minimum absolute atomic E-state index is 0.111. The zero-order valence-electron chi connectivity index (χ0n) is 13.6. The van der Waals surface area contributed by atoms with Gasteiger partial charge in [0.15, 0.2) is 0 Å². The third-order valence-corrected chi connectivity index (χ3v) is 3.57. The molecule has 1 aromatic carbocycles. The van der Waals surface area contributed by atoms with E-state index in [1.807, 2.05) is 32.0 Å². The summed E-state index contributed by atoms with van der Waals surface area (Å²) < 4.78 is 7.13. The second kappa shape index (κ2) is 7.78. The highest BCUT2D eigenvalue weighted by Crippen LogP contribution is 2.15. The smallest absolute Gasteiger partial charge is 0.278 e. The highest BCUT2D eigenvalue weighted by Gasteiger charge is 2.12. The van der Waals surface area contributed by atoms with Crippen LogP contribution in [0, 0.1) is 13.8 Å². The molecule has 0 spiro atoms. The molecule has 0 atom stereocenters. The van der Waals surface area contributed by atoms with Crippen LogP contribution in [0.3, 0.4) is 0 Å². The van der Waals surface area contributed by atoms with Crippen LogP contribution in [0.25, 0.3) is 0 Å². The topological polar surface area (TPSA) is 44.1 Å². The summed E-state index contributed by atoms with van der Waals surface area (Å²) in [6.45, 7) is 6.68. The molecule has 0 N–H and O–H groups in total. The standard InChI is InChI=1S/C18H24N2O2/c1-4-5-6-7-12-22-17-10-8-16(9-11-17)18(21)20-15(3)13-14(2)19-20/h8-11,13H,4-7,12H2,1-3H3. The predicted molar refractivity (Wildman–Crippen MR) is 87.5 cm³/mol. The maximum absolute atomic E-state index is 12.4. The number of hydrogen-bond acceptors (Lipinski definition) is 3. The fraction of sp³-hybridized carbons (Fsp3) is 0.444. The Labute approximate surface area is 132 Å². The monoisotopic (exact) mass is 300 g/mol. The Bertz CT molecular complexity index is 615. The maximum atomic E-state index is 12.4. The van der Waals surface area contributed by atoms with Gasteiger partial charge in [-0.05, 0) is 50.6 Å². The molecule has 0 bridgehead atoms. The number of unbranched alkanes of at least 4 members (excludes halogenated alkanes) is 3. The number of aromatic nitrogens is 2. The number of carbonyl (C=O) groups excluding carboxylic acids is 1. The first-order valence-corrected chi connectivity index (χ1v) is 7.92. The first-order chi connectivity index (χ1) is 10.6. The molecule has 0 saturated heterocycles. The Morgan fingerprint density at radius 3 is 2.45 bits per heavy atom. The Hall–Kier alpha value is -2.10. The molecule has 4 heteroatoms. The van der Waals surface area contributed by atoms with Crippen molar-refractivity contribution in [2.24, 2.45) is 0 Å². The van der Waals surface area contributed by atoms with Gasteiger partial charge in [-0.3, -0.25) is 4.79 Å². The average molecular weight is 300 g/mol. The van der Waals surface area contributed by atoms with Crippen molar-refractivity contribution >= 4 is 5.91 Å². The van der Waals surface area contributed by atoms with E-state index in [9.17, 15) is 4.79 Å². The van der Waals surface area contributed by atoms with E-state index < -0.39 is 0 Å². The molecule has 1 aromatic heterocycles. The molecular weight excluding hydrogens is 276 g/mol. The van der Waals surface area contributed by atoms with Crippen LogP contribution < -0.4 is 4.74 Å². The molecule has 0 aliphatic carbocycles. The Kier molecular flexibility index (Phi) is 5.75. The van der Waals surface area contributed by atoms with Crippen molar-refractivity contribution in [1.29, 1.82) is 0 Å². The van der Waals surface area contributed by atoms with Gasteiger partial charge in [-0.2, -0.15) is 5.10 Å². The lowest BCUT2D eigenvalue weighted by Gasteiger charge is -2.07. The molecule has 118 valence electrons. The molecule has 0 aliphatic heterocycles. The molecule has 2 rings (SSSR count). The van der Waals surface area contributed by atoms with Crippen LogP contribution in [0.4, 0.5) is 0 Å². The summed E-state index contributed by atoms with van der Waals surface area (Å²) in [5.41, 5.74) is 2.31. The normalized spacial score (nSPS) is 10.7. The molecule has 0 saturated carbocycles. The lowest BCUT2D eigenvalue weighted by atomic mass is 10.2. The van der Waals surface area contributed by atoms with E-state index in [2.05, 4.69) is 12.0 Å². The third kappa shape index (κ3) is 4.20. The number of carbonyl (C=O) groups is 1. The van der Waals surface area contributed by atoms with Gasteiger partial charge in [-0.15, -0.1) is 0 Å². The Morgan fingerprint density at radius 2 is 1.86 bits per heavy atom. The van der Waals surface area contributed by atoms with Crippen LogP contribution in [0.1, 0.15) is 54.4 Å². The van der Waals surface area contributed by atoms with Crippen molar-refractivity contribution in [3.63, 3.8) is 0 Å². The van der Waals surface area contributed by atoms with E-state index in [0.29, 0.717) is 5.56 Å². The SMILES string of the molecule is CCCCCCOc1ccc(C(=O)n2nc(C)cc2C)cc1. The summed E-state index contributed by atoms with van der Waals surface area (Å²) in [6, 6.07) is 9.17. The molecule has 0 aliphatic rings. The first kappa shape index (κ1) is 16.3. The van der Waals surface area contributed by atoms with E-state index >= 15 is 0 Å². The van der Waals surface area contributed by atoms with E-state index in [0.717, 1.165) is 30.2 Å². The minimum atomic E-state index is -0.111. The molecule has 0 fully saturated rings. The number of nitrogens with zero attached hydrogens (tertiary/aromatic N) is 2. The maximum Gasteiger partial charge on any atom is 0.278 e. The van der Waals surface area contributed by atoms with E-state index in [4.69, 9.17) is 4.74 Å². The van der Waals surface area contributed by atoms with Crippen molar-refractivity contribution in [1.82, 2.24) is 9.78 Å². The van der Waals surface area contributed by atoms with Crippen LogP contribution in [0.15, 0.2) is 30.3 Å². The van der Waals surface area contributed by atoms with Gasteiger partial charge < -0.3 is 4.74 Å². The van der Waals surface area contributed by atoms with E-state index in [-0.39, 0.29) is 5.91 Å². The van der Waals surface area contributed by atoms with Crippen LogP contribution >= 0.6 is 0 Å².